The maximum absolute atomic E-state index is 14.0. The first-order valence-electron chi connectivity index (χ1n) is 5.13. The Balaban J connectivity index is 2.52. The maximum atomic E-state index is 14.0. The summed E-state index contributed by atoms with van der Waals surface area (Å²) in [4.78, 5) is 0.790. The zero-order chi connectivity index (χ0) is 12.4. The van der Waals surface area contributed by atoms with Crippen LogP contribution in [0.3, 0.4) is 0 Å². The fraction of sp³-hybridized carbons (Fsp3) is 0.273. The highest BCUT2D eigenvalue weighted by Gasteiger charge is 2.21. The van der Waals surface area contributed by atoms with E-state index in [-0.39, 0.29) is 5.82 Å². The molecule has 0 aliphatic heterocycles. The van der Waals surface area contributed by atoms with Crippen LogP contribution in [0.2, 0.25) is 0 Å². The summed E-state index contributed by atoms with van der Waals surface area (Å²) >= 11 is 1.20. The molecule has 0 saturated carbocycles. The van der Waals surface area contributed by atoms with Gasteiger partial charge in [-0.1, -0.05) is 10.6 Å². The molecule has 0 radical (unpaired) electrons. The summed E-state index contributed by atoms with van der Waals surface area (Å²) in [5.74, 6) is 5.24. The minimum absolute atomic E-state index is 0.265. The number of hydrazine groups is 1. The van der Waals surface area contributed by atoms with Gasteiger partial charge < -0.3 is 0 Å². The second-order valence-corrected chi connectivity index (χ2v) is 4.71. The second-order valence-electron chi connectivity index (χ2n) is 3.90. The van der Waals surface area contributed by atoms with Crippen LogP contribution in [0.1, 0.15) is 27.6 Å². The second kappa shape index (κ2) is 4.87. The van der Waals surface area contributed by atoms with Crippen molar-refractivity contribution in [1.82, 2.24) is 15.0 Å². The lowest BCUT2D eigenvalue weighted by Gasteiger charge is -2.17. The number of hydrogen-bond donors (Lipinski definition) is 2. The molecule has 0 aliphatic rings. The van der Waals surface area contributed by atoms with E-state index < -0.39 is 6.04 Å². The summed E-state index contributed by atoms with van der Waals surface area (Å²) in [6.45, 7) is 3.73. The molecule has 17 heavy (non-hydrogen) atoms. The van der Waals surface area contributed by atoms with Gasteiger partial charge in [-0.25, -0.2) is 9.82 Å². The third-order valence-corrected chi connectivity index (χ3v) is 3.33. The van der Waals surface area contributed by atoms with Gasteiger partial charge in [-0.2, -0.15) is 0 Å². The fourth-order valence-corrected chi connectivity index (χ4v) is 2.48. The molecule has 1 heterocycles. The van der Waals surface area contributed by atoms with E-state index in [1.807, 2.05) is 19.9 Å². The summed E-state index contributed by atoms with van der Waals surface area (Å²) < 4.78 is 17.8. The predicted molar refractivity (Wildman–Crippen MR) is 64.9 cm³/mol. The van der Waals surface area contributed by atoms with Crippen molar-refractivity contribution in [1.29, 1.82) is 0 Å². The molecule has 3 N–H and O–H groups in total. The highest BCUT2D eigenvalue weighted by Crippen LogP contribution is 2.28. The van der Waals surface area contributed by atoms with Gasteiger partial charge >= 0.3 is 0 Å². The molecule has 0 fully saturated rings. The summed E-state index contributed by atoms with van der Waals surface area (Å²) in [7, 11) is 0. The molecule has 1 aromatic carbocycles. The van der Waals surface area contributed by atoms with Gasteiger partial charge in [0.2, 0.25) is 0 Å². The van der Waals surface area contributed by atoms with Gasteiger partial charge in [0.25, 0.3) is 0 Å². The van der Waals surface area contributed by atoms with Crippen molar-refractivity contribution in [2.45, 2.75) is 19.9 Å². The number of rotatable bonds is 3. The smallest absolute Gasteiger partial charge is 0.128 e. The Morgan fingerprint density at radius 3 is 2.71 bits per heavy atom. The Morgan fingerprint density at radius 2 is 2.18 bits per heavy atom. The molecule has 1 aromatic heterocycles. The standard InChI is InChI=1S/C11H13FN4S/c1-6-3-7(2)10(8(12)4-6)11(15-13)9-5-14-16-17-9/h3-5,11,15H,13H2,1-2H3. The molecule has 0 aliphatic carbocycles. The lowest BCUT2D eigenvalue weighted by molar-refractivity contribution is 0.560. The molecule has 90 valence electrons. The average Bonchev–Trinajstić information content (AvgIpc) is 2.76. The average molecular weight is 252 g/mol. The topological polar surface area (TPSA) is 63.8 Å². The molecular formula is C11H13FN4S. The van der Waals surface area contributed by atoms with Crippen LogP contribution in [0.25, 0.3) is 0 Å². The van der Waals surface area contributed by atoms with Crippen LogP contribution in [-0.4, -0.2) is 9.59 Å². The minimum Gasteiger partial charge on any atom is -0.271 e. The number of aryl methyl sites for hydroxylation is 2. The molecule has 6 heteroatoms. The molecule has 0 amide bonds. The van der Waals surface area contributed by atoms with Crippen LogP contribution in [0.15, 0.2) is 18.3 Å². The van der Waals surface area contributed by atoms with Gasteiger partial charge in [0.1, 0.15) is 5.82 Å². The first-order chi connectivity index (χ1) is 8.13. The molecule has 0 spiro atoms. The largest absolute Gasteiger partial charge is 0.271 e. The van der Waals surface area contributed by atoms with Crippen LogP contribution >= 0.6 is 11.5 Å². The van der Waals surface area contributed by atoms with E-state index in [4.69, 9.17) is 5.84 Å². The summed E-state index contributed by atoms with van der Waals surface area (Å²) in [5, 5.41) is 3.74. The Hall–Kier alpha value is -1.37. The lowest BCUT2D eigenvalue weighted by atomic mass is 9.98. The number of hydrogen-bond acceptors (Lipinski definition) is 5. The van der Waals surface area contributed by atoms with Crippen LogP contribution in [0.5, 0.6) is 0 Å². The molecule has 0 bridgehead atoms. The summed E-state index contributed by atoms with van der Waals surface area (Å²) in [5.41, 5.74) is 4.91. The number of benzene rings is 1. The molecule has 2 aromatic rings. The first-order valence-corrected chi connectivity index (χ1v) is 5.91. The van der Waals surface area contributed by atoms with Crippen molar-refractivity contribution in [2.24, 2.45) is 5.84 Å². The van der Waals surface area contributed by atoms with Gasteiger partial charge in [0, 0.05) is 5.56 Å². The van der Waals surface area contributed by atoms with Gasteiger partial charge in [0.15, 0.2) is 0 Å². The predicted octanol–water partition coefficient (Wildman–Crippen LogP) is 1.85. The van der Waals surface area contributed by atoms with Crippen molar-refractivity contribution < 1.29 is 4.39 Å². The van der Waals surface area contributed by atoms with E-state index >= 15 is 0 Å². The van der Waals surface area contributed by atoms with E-state index in [2.05, 4.69) is 15.0 Å². The molecule has 0 saturated heterocycles. The number of nitrogens with zero attached hydrogens (tertiary/aromatic N) is 2. The Morgan fingerprint density at radius 1 is 1.41 bits per heavy atom. The number of aromatic nitrogens is 2. The number of nitrogens with two attached hydrogens (primary N) is 1. The zero-order valence-electron chi connectivity index (χ0n) is 9.57. The first kappa shape index (κ1) is 12.1. The van der Waals surface area contributed by atoms with Crippen molar-refractivity contribution in [3.8, 4) is 0 Å². The zero-order valence-corrected chi connectivity index (χ0v) is 10.4. The molecule has 2 rings (SSSR count). The monoisotopic (exact) mass is 252 g/mol. The van der Waals surface area contributed by atoms with Crippen molar-refractivity contribution >= 4 is 11.5 Å². The van der Waals surface area contributed by atoms with Gasteiger partial charge in [-0.05, 0) is 42.6 Å². The van der Waals surface area contributed by atoms with Crippen LogP contribution in [0.4, 0.5) is 4.39 Å². The van der Waals surface area contributed by atoms with Crippen LogP contribution in [-0.2, 0) is 0 Å². The van der Waals surface area contributed by atoms with Crippen LogP contribution < -0.4 is 11.3 Å². The quantitative estimate of drug-likeness (QED) is 0.646. The normalized spacial score (nSPS) is 12.7. The molecule has 1 unspecified atom stereocenters. The SMILES string of the molecule is Cc1cc(C)c(C(NN)c2cnns2)c(F)c1. The maximum Gasteiger partial charge on any atom is 0.128 e. The third-order valence-electron chi connectivity index (χ3n) is 2.60. The van der Waals surface area contributed by atoms with E-state index in [0.29, 0.717) is 5.56 Å². The van der Waals surface area contributed by atoms with Crippen molar-refractivity contribution in [3.63, 3.8) is 0 Å². The molecular weight excluding hydrogens is 239 g/mol. The third kappa shape index (κ3) is 2.33. The summed E-state index contributed by atoms with van der Waals surface area (Å²) in [6.07, 6.45) is 1.59. The summed E-state index contributed by atoms with van der Waals surface area (Å²) in [6, 6.07) is 3.02. The molecule has 1 atom stereocenters. The highest BCUT2D eigenvalue weighted by atomic mass is 32.1. The Bertz CT molecular complexity index is 489. The van der Waals surface area contributed by atoms with Crippen molar-refractivity contribution in [2.75, 3.05) is 0 Å². The lowest BCUT2D eigenvalue weighted by Crippen LogP contribution is -2.29. The van der Waals surface area contributed by atoms with E-state index in [1.165, 1.54) is 17.6 Å². The Labute approximate surface area is 103 Å². The van der Waals surface area contributed by atoms with Gasteiger partial charge in [-0.15, -0.1) is 5.10 Å². The van der Waals surface area contributed by atoms with Crippen LogP contribution in [0, 0.1) is 19.7 Å². The van der Waals surface area contributed by atoms with Gasteiger partial charge in [-0.3, -0.25) is 5.84 Å². The number of nitrogens with one attached hydrogen (secondary N) is 1. The fourth-order valence-electron chi connectivity index (χ4n) is 1.90. The molecule has 4 nitrogen and oxygen atoms in total. The van der Waals surface area contributed by atoms with E-state index in [0.717, 1.165) is 16.0 Å². The van der Waals surface area contributed by atoms with E-state index in [1.54, 1.807) is 6.20 Å². The van der Waals surface area contributed by atoms with Gasteiger partial charge in [0.05, 0.1) is 17.1 Å². The van der Waals surface area contributed by atoms with E-state index in [9.17, 15) is 4.39 Å². The highest BCUT2D eigenvalue weighted by molar-refractivity contribution is 7.05. The Kier molecular flexibility index (Phi) is 3.46. The van der Waals surface area contributed by atoms with Crippen molar-refractivity contribution in [3.05, 3.63) is 45.7 Å². The minimum atomic E-state index is -0.407. The number of halogens is 1.